The van der Waals surface area contributed by atoms with E-state index in [4.69, 9.17) is 9.52 Å². The highest BCUT2D eigenvalue weighted by Crippen LogP contribution is 2.29. The van der Waals surface area contributed by atoms with Crippen LogP contribution < -0.4 is 0 Å². The summed E-state index contributed by atoms with van der Waals surface area (Å²) in [5.41, 5.74) is 2.29. The number of pyridine rings is 1. The van der Waals surface area contributed by atoms with Gasteiger partial charge in [-0.25, -0.2) is 4.79 Å². The fourth-order valence-corrected chi connectivity index (χ4v) is 2.35. The molecule has 0 aliphatic rings. The molecule has 0 atom stereocenters. The quantitative estimate of drug-likeness (QED) is 0.610. The summed E-state index contributed by atoms with van der Waals surface area (Å²) in [6.45, 7) is 0. The Labute approximate surface area is 118 Å². The number of hydrogen-bond acceptors (Lipinski definition) is 4. The number of aromatic nitrogens is 3. The number of benzene rings is 1. The van der Waals surface area contributed by atoms with Gasteiger partial charge in [0, 0.05) is 11.6 Å². The molecule has 0 saturated heterocycles. The third-order valence-corrected chi connectivity index (χ3v) is 3.37. The van der Waals surface area contributed by atoms with Gasteiger partial charge >= 0.3 is 5.97 Å². The highest BCUT2D eigenvalue weighted by atomic mass is 16.4. The molecule has 21 heavy (non-hydrogen) atoms. The summed E-state index contributed by atoms with van der Waals surface area (Å²) in [6.07, 6.45) is 3.11. The van der Waals surface area contributed by atoms with Gasteiger partial charge in [0.1, 0.15) is 11.8 Å². The number of furan rings is 1. The fourth-order valence-electron chi connectivity index (χ4n) is 2.35. The van der Waals surface area contributed by atoms with Crippen molar-refractivity contribution >= 4 is 22.6 Å². The van der Waals surface area contributed by atoms with Crippen molar-refractivity contribution in [2.24, 2.45) is 0 Å². The Hall–Kier alpha value is -3.15. The van der Waals surface area contributed by atoms with E-state index in [0.717, 1.165) is 16.5 Å². The second kappa shape index (κ2) is 4.17. The zero-order valence-corrected chi connectivity index (χ0v) is 10.7. The zero-order chi connectivity index (χ0) is 14.4. The molecule has 0 aliphatic heterocycles. The Balaban J connectivity index is 2.02. The monoisotopic (exact) mass is 279 g/mol. The predicted molar refractivity (Wildman–Crippen MR) is 75.2 cm³/mol. The molecule has 0 fully saturated rings. The van der Waals surface area contributed by atoms with Gasteiger partial charge in [-0.3, -0.25) is 4.40 Å². The highest BCUT2D eigenvalue weighted by molar-refractivity contribution is 5.93. The van der Waals surface area contributed by atoms with Gasteiger partial charge < -0.3 is 9.52 Å². The van der Waals surface area contributed by atoms with E-state index in [1.54, 1.807) is 16.7 Å². The summed E-state index contributed by atoms with van der Waals surface area (Å²) < 4.78 is 7.16. The molecule has 3 heterocycles. The maximum atomic E-state index is 11.1. The molecule has 6 nitrogen and oxygen atoms in total. The Bertz CT molecular complexity index is 984. The third-order valence-electron chi connectivity index (χ3n) is 3.37. The van der Waals surface area contributed by atoms with Gasteiger partial charge in [0.15, 0.2) is 11.5 Å². The van der Waals surface area contributed by atoms with Crippen LogP contribution in [-0.4, -0.2) is 25.7 Å². The Morgan fingerprint density at radius 2 is 2.00 bits per heavy atom. The first kappa shape index (κ1) is 11.7. The molecule has 3 aromatic heterocycles. The average molecular weight is 279 g/mol. The van der Waals surface area contributed by atoms with Gasteiger partial charge in [0.25, 0.3) is 0 Å². The lowest BCUT2D eigenvalue weighted by Gasteiger charge is -1.99. The highest BCUT2D eigenvalue weighted by Gasteiger charge is 2.15. The van der Waals surface area contributed by atoms with Crippen LogP contribution in [0.25, 0.3) is 28.0 Å². The molecule has 1 aromatic carbocycles. The van der Waals surface area contributed by atoms with Gasteiger partial charge in [0.2, 0.25) is 0 Å². The molecule has 102 valence electrons. The SMILES string of the molecule is O=C(O)c1ccc2nnc(-c3coc4ccccc34)n2c1. The molecule has 0 saturated carbocycles. The largest absolute Gasteiger partial charge is 0.478 e. The Morgan fingerprint density at radius 1 is 1.14 bits per heavy atom. The number of carbonyl (C=O) groups is 1. The molecule has 1 N–H and O–H groups in total. The number of carboxylic acids is 1. The molecular formula is C15H9N3O3. The van der Waals surface area contributed by atoms with Crippen LogP contribution in [0.2, 0.25) is 0 Å². The first-order valence-corrected chi connectivity index (χ1v) is 6.29. The Kier molecular flexibility index (Phi) is 2.32. The second-order valence-corrected chi connectivity index (χ2v) is 4.62. The standard InChI is InChI=1S/C15H9N3O3/c19-15(20)9-5-6-13-16-17-14(18(13)7-9)11-8-21-12-4-2-1-3-10(11)12/h1-8H,(H,19,20). The first-order valence-electron chi connectivity index (χ1n) is 6.29. The van der Waals surface area contributed by atoms with Gasteiger partial charge in [0.05, 0.1) is 11.1 Å². The van der Waals surface area contributed by atoms with Crippen molar-refractivity contribution in [1.82, 2.24) is 14.6 Å². The lowest BCUT2D eigenvalue weighted by atomic mass is 10.1. The van der Waals surface area contributed by atoms with Crippen molar-refractivity contribution in [2.75, 3.05) is 0 Å². The molecule has 0 amide bonds. The number of carboxylic acid groups (broad SMARTS) is 1. The summed E-state index contributed by atoms with van der Waals surface area (Å²) in [5.74, 6) is -0.438. The number of aromatic carboxylic acids is 1. The predicted octanol–water partition coefficient (Wildman–Crippen LogP) is 2.84. The first-order chi connectivity index (χ1) is 10.2. The smallest absolute Gasteiger partial charge is 0.337 e. The minimum absolute atomic E-state index is 0.177. The van der Waals surface area contributed by atoms with Crippen molar-refractivity contribution < 1.29 is 14.3 Å². The van der Waals surface area contributed by atoms with Crippen molar-refractivity contribution in [3.05, 3.63) is 54.4 Å². The van der Waals surface area contributed by atoms with Crippen LogP contribution in [-0.2, 0) is 0 Å². The van der Waals surface area contributed by atoms with E-state index in [1.165, 1.54) is 12.3 Å². The lowest BCUT2D eigenvalue weighted by Crippen LogP contribution is -1.99. The molecule has 0 unspecified atom stereocenters. The minimum atomic E-state index is -0.992. The Morgan fingerprint density at radius 3 is 2.86 bits per heavy atom. The zero-order valence-electron chi connectivity index (χ0n) is 10.7. The van der Waals surface area contributed by atoms with Crippen LogP contribution in [0.15, 0.2) is 53.3 Å². The summed E-state index contributed by atoms with van der Waals surface area (Å²) in [4.78, 5) is 11.1. The minimum Gasteiger partial charge on any atom is -0.478 e. The van der Waals surface area contributed by atoms with Crippen LogP contribution in [0.5, 0.6) is 0 Å². The molecule has 0 radical (unpaired) electrons. The van der Waals surface area contributed by atoms with E-state index in [2.05, 4.69) is 10.2 Å². The van der Waals surface area contributed by atoms with Crippen LogP contribution in [0.3, 0.4) is 0 Å². The molecule has 4 rings (SSSR count). The van der Waals surface area contributed by atoms with E-state index in [0.29, 0.717) is 11.5 Å². The average Bonchev–Trinajstić information content (AvgIpc) is 3.09. The second-order valence-electron chi connectivity index (χ2n) is 4.62. The maximum absolute atomic E-state index is 11.1. The topological polar surface area (TPSA) is 80.6 Å². The normalized spacial score (nSPS) is 11.2. The molecule has 0 aliphatic carbocycles. The molecular weight excluding hydrogens is 270 g/mol. The van der Waals surface area contributed by atoms with E-state index < -0.39 is 5.97 Å². The van der Waals surface area contributed by atoms with Crippen LogP contribution in [0.4, 0.5) is 0 Å². The molecule has 0 bridgehead atoms. The van der Waals surface area contributed by atoms with Crippen molar-refractivity contribution in [1.29, 1.82) is 0 Å². The summed E-state index contributed by atoms with van der Waals surface area (Å²) in [5, 5.41) is 18.2. The molecule has 0 spiro atoms. The van der Waals surface area contributed by atoms with Crippen LogP contribution >= 0.6 is 0 Å². The molecule has 4 aromatic rings. The van der Waals surface area contributed by atoms with Crippen LogP contribution in [0.1, 0.15) is 10.4 Å². The number of para-hydroxylation sites is 1. The van der Waals surface area contributed by atoms with E-state index >= 15 is 0 Å². The van der Waals surface area contributed by atoms with Gasteiger partial charge in [-0.05, 0) is 18.2 Å². The van der Waals surface area contributed by atoms with Crippen molar-refractivity contribution in [2.45, 2.75) is 0 Å². The van der Waals surface area contributed by atoms with Crippen molar-refractivity contribution in [3.8, 4) is 11.4 Å². The number of rotatable bonds is 2. The van der Waals surface area contributed by atoms with E-state index in [1.807, 2.05) is 24.3 Å². The van der Waals surface area contributed by atoms with Gasteiger partial charge in [-0.15, -0.1) is 10.2 Å². The third kappa shape index (κ3) is 1.69. The van der Waals surface area contributed by atoms with Gasteiger partial charge in [-0.2, -0.15) is 0 Å². The maximum Gasteiger partial charge on any atom is 0.337 e. The number of fused-ring (bicyclic) bond motifs is 2. The fraction of sp³-hybridized carbons (Fsp3) is 0. The summed E-state index contributed by atoms with van der Waals surface area (Å²) in [7, 11) is 0. The lowest BCUT2D eigenvalue weighted by molar-refractivity contribution is 0.0696. The molecule has 6 heteroatoms. The van der Waals surface area contributed by atoms with Gasteiger partial charge in [-0.1, -0.05) is 18.2 Å². The summed E-state index contributed by atoms with van der Waals surface area (Å²) >= 11 is 0. The van der Waals surface area contributed by atoms with E-state index in [-0.39, 0.29) is 5.56 Å². The summed E-state index contributed by atoms with van der Waals surface area (Å²) in [6, 6.07) is 10.7. The van der Waals surface area contributed by atoms with Crippen molar-refractivity contribution in [3.63, 3.8) is 0 Å². The number of hydrogen-bond donors (Lipinski definition) is 1. The van der Waals surface area contributed by atoms with E-state index in [9.17, 15) is 4.79 Å². The van der Waals surface area contributed by atoms with Crippen LogP contribution in [0, 0.1) is 0 Å². The number of nitrogens with zero attached hydrogens (tertiary/aromatic N) is 3.